The molecule has 14 heavy (non-hydrogen) atoms. The quantitative estimate of drug-likeness (QED) is 0.259. The number of hydroxylamine groups is 3. The zero-order valence-electron chi connectivity index (χ0n) is 9.24. The van der Waals surface area contributed by atoms with Crippen LogP contribution >= 0.6 is 0 Å². The molecular weight excluding hydrogens is 186 g/mol. The van der Waals surface area contributed by atoms with Gasteiger partial charge in [0.2, 0.25) is 0 Å². The molecule has 1 unspecified atom stereocenters. The van der Waals surface area contributed by atoms with Crippen molar-refractivity contribution in [2.75, 3.05) is 28.2 Å². The van der Waals surface area contributed by atoms with Crippen LogP contribution in [0, 0.1) is 5.41 Å². The minimum Gasteiger partial charge on any atom is -0.381 e. The van der Waals surface area contributed by atoms with Gasteiger partial charge in [0.15, 0.2) is 6.10 Å². The van der Waals surface area contributed by atoms with Crippen molar-refractivity contribution in [2.24, 2.45) is 0 Å². The third kappa shape index (κ3) is 3.31. The number of hydrogen-bond donors (Lipinski definition) is 2. The molecule has 82 valence electrons. The van der Waals surface area contributed by atoms with Crippen LogP contribution in [0.1, 0.15) is 6.92 Å². The van der Waals surface area contributed by atoms with Crippen molar-refractivity contribution in [1.82, 2.24) is 4.90 Å². The van der Waals surface area contributed by atoms with Crippen LogP contribution in [0.15, 0.2) is 0 Å². The van der Waals surface area contributed by atoms with Crippen LogP contribution in [-0.4, -0.2) is 60.9 Å². The van der Waals surface area contributed by atoms with Crippen molar-refractivity contribution in [3.63, 3.8) is 0 Å². The Balaban J connectivity index is 4.49. The van der Waals surface area contributed by atoms with E-state index in [1.165, 1.54) is 11.8 Å². The molecule has 0 amide bonds. The maximum absolute atomic E-state index is 11.1. The summed E-state index contributed by atoms with van der Waals surface area (Å²) in [5.41, 5.74) is 0. The van der Waals surface area contributed by atoms with Gasteiger partial charge in [-0.05, 0) is 6.92 Å². The number of aliphatic hydroxyl groups excluding tert-OH is 1. The van der Waals surface area contributed by atoms with Crippen LogP contribution in [0.25, 0.3) is 0 Å². The Hall–Kier alpha value is -1.14. The highest BCUT2D eigenvalue weighted by atomic mass is 16.7. The van der Waals surface area contributed by atoms with Gasteiger partial charge in [0.05, 0.1) is 0 Å². The van der Waals surface area contributed by atoms with Gasteiger partial charge in [-0.2, -0.15) is 0 Å². The molecule has 0 aromatic rings. The monoisotopic (exact) mass is 204 g/mol. The topological polar surface area (TPSA) is 73.6 Å². The fourth-order valence-electron chi connectivity index (χ4n) is 0.826. The van der Waals surface area contributed by atoms with Crippen LogP contribution in [0.3, 0.4) is 0 Å². The van der Waals surface area contributed by atoms with Gasteiger partial charge in [-0.1, -0.05) is 4.65 Å². The fourth-order valence-corrected chi connectivity index (χ4v) is 0.826. The summed E-state index contributed by atoms with van der Waals surface area (Å²) in [5.74, 6) is -0.638. The Morgan fingerprint density at radius 2 is 1.93 bits per heavy atom. The van der Waals surface area contributed by atoms with Gasteiger partial charge in [0.25, 0.3) is 0 Å². The Morgan fingerprint density at radius 1 is 1.50 bits per heavy atom. The molecule has 0 aliphatic rings. The summed E-state index contributed by atoms with van der Waals surface area (Å²) in [6.45, 7) is 1.32. The van der Waals surface area contributed by atoms with E-state index in [-0.39, 0.29) is 10.6 Å². The van der Waals surface area contributed by atoms with Gasteiger partial charge in [-0.3, -0.25) is 4.84 Å². The second-order valence-corrected chi connectivity index (χ2v) is 3.66. The van der Waals surface area contributed by atoms with Crippen LogP contribution in [-0.2, 0) is 9.63 Å². The molecule has 0 spiro atoms. The van der Waals surface area contributed by atoms with Crippen LogP contribution in [0.2, 0.25) is 0 Å². The molecule has 0 aromatic heterocycles. The number of guanidine groups is 1. The summed E-state index contributed by atoms with van der Waals surface area (Å²) in [7, 11) is 6.45. The first-order valence-electron chi connectivity index (χ1n) is 4.20. The first-order valence-corrected chi connectivity index (χ1v) is 4.20. The Morgan fingerprint density at radius 3 is 2.21 bits per heavy atom. The molecule has 0 aliphatic heterocycles. The highest BCUT2D eigenvalue weighted by molar-refractivity contribution is 5.75. The largest absolute Gasteiger partial charge is 0.395 e. The molecule has 1 atom stereocenters. The normalized spacial score (nSPS) is 13.3. The van der Waals surface area contributed by atoms with E-state index < -0.39 is 12.1 Å². The van der Waals surface area contributed by atoms with Crippen LogP contribution in [0.4, 0.5) is 0 Å². The number of carbonyl (C=O) groups excluding carboxylic acids is 1. The van der Waals surface area contributed by atoms with Crippen LogP contribution in [0.5, 0.6) is 0 Å². The number of quaternary nitrogens is 1. The Bertz CT molecular complexity index is 236. The molecule has 2 N–H and O–H groups in total. The lowest BCUT2D eigenvalue weighted by atomic mass is 10.4. The lowest BCUT2D eigenvalue weighted by molar-refractivity contribution is -0.990. The standard InChI is InChI=1S/C8H18N3O3/c1-6(12)7(13)14-11(4,5)8(9)10(2)3/h6,9,12H,1-5H3/q+1. The molecule has 0 saturated heterocycles. The van der Waals surface area contributed by atoms with Crippen molar-refractivity contribution in [3.8, 4) is 0 Å². The third-order valence-electron chi connectivity index (χ3n) is 1.59. The maximum atomic E-state index is 11.1. The molecule has 0 radical (unpaired) electrons. The lowest BCUT2D eigenvalue weighted by Crippen LogP contribution is -2.53. The summed E-state index contributed by atoms with van der Waals surface area (Å²) in [6, 6.07) is 0. The van der Waals surface area contributed by atoms with E-state index in [4.69, 9.17) is 15.4 Å². The van der Waals surface area contributed by atoms with Gasteiger partial charge in [-0.15, -0.1) is 0 Å². The lowest BCUT2D eigenvalue weighted by Gasteiger charge is -2.28. The fraction of sp³-hybridized carbons (Fsp3) is 0.750. The molecule has 0 fully saturated rings. The third-order valence-corrected chi connectivity index (χ3v) is 1.59. The van der Waals surface area contributed by atoms with Crippen molar-refractivity contribution < 1.29 is 19.4 Å². The smallest absolute Gasteiger partial charge is 0.381 e. The Labute approximate surface area is 83.7 Å². The average molecular weight is 204 g/mol. The number of rotatable bonds is 1. The van der Waals surface area contributed by atoms with Gasteiger partial charge in [-0.25, -0.2) is 10.2 Å². The van der Waals surface area contributed by atoms with Crippen LogP contribution < -0.4 is 0 Å². The second kappa shape index (κ2) is 4.39. The zero-order valence-corrected chi connectivity index (χ0v) is 9.24. The molecule has 0 rings (SSSR count). The summed E-state index contributed by atoms with van der Waals surface area (Å²) in [6.07, 6.45) is -1.18. The van der Waals surface area contributed by atoms with Gasteiger partial charge in [0, 0.05) is 14.1 Å². The summed E-state index contributed by atoms with van der Waals surface area (Å²) in [5, 5.41) is 16.6. The van der Waals surface area contributed by atoms with Gasteiger partial charge in [0.1, 0.15) is 14.1 Å². The summed E-state index contributed by atoms with van der Waals surface area (Å²) < 4.78 is -0.350. The molecule has 0 aromatic carbocycles. The summed E-state index contributed by atoms with van der Waals surface area (Å²) >= 11 is 0. The molecule has 0 aliphatic carbocycles. The van der Waals surface area contributed by atoms with E-state index in [0.717, 1.165) is 0 Å². The van der Waals surface area contributed by atoms with Gasteiger partial charge < -0.3 is 10.0 Å². The minimum absolute atomic E-state index is 0.110. The molecule has 6 heteroatoms. The molecular formula is C8H18N3O3+. The maximum Gasteiger partial charge on any atom is 0.395 e. The highest BCUT2D eigenvalue weighted by Gasteiger charge is 2.32. The molecule has 0 bridgehead atoms. The van der Waals surface area contributed by atoms with E-state index in [1.54, 1.807) is 28.2 Å². The second-order valence-electron chi connectivity index (χ2n) is 3.66. The molecule has 0 saturated carbocycles. The van der Waals surface area contributed by atoms with E-state index in [2.05, 4.69) is 0 Å². The van der Waals surface area contributed by atoms with Crippen molar-refractivity contribution in [3.05, 3.63) is 0 Å². The van der Waals surface area contributed by atoms with E-state index in [9.17, 15) is 4.79 Å². The Kier molecular flexibility index (Phi) is 4.03. The van der Waals surface area contributed by atoms with Gasteiger partial charge >= 0.3 is 11.9 Å². The number of aliphatic hydroxyl groups is 1. The molecule has 0 heterocycles. The number of hydrogen-bond acceptors (Lipinski definition) is 4. The first kappa shape index (κ1) is 12.9. The number of carbonyl (C=O) groups is 1. The van der Waals surface area contributed by atoms with Crippen molar-refractivity contribution in [2.45, 2.75) is 13.0 Å². The SMILES string of the molecule is CC(O)C(=O)O[N+](C)(C)C(=N)N(C)C. The first-order chi connectivity index (χ1) is 6.18. The zero-order chi connectivity index (χ0) is 11.5. The predicted molar refractivity (Wildman–Crippen MR) is 51.3 cm³/mol. The van der Waals surface area contributed by atoms with Crippen molar-refractivity contribution >= 4 is 11.9 Å². The number of nitrogens with zero attached hydrogens (tertiary/aromatic N) is 2. The summed E-state index contributed by atoms with van der Waals surface area (Å²) in [4.78, 5) is 17.5. The van der Waals surface area contributed by atoms with E-state index in [0.29, 0.717) is 0 Å². The average Bonchev–Trinajstić information content (AvgIpc) is 2.01. The van der Waals surface area contributed by atoms with Crippen molar-refractivity contribution in [1.29, 1.82) is 5.41 Å². The van der Waals surface area contributed by atoms with E-state index in [1.807, 2.05) is 0 Å². The molecule has 6 nitrogen and oxygen atoms in total. The highest BCUT2D eigenvalue weighted by Crippen LogP contribution is 2.04. The van der Waals surface area contributed by atoms with E-state index >= 15 is 0 Å². The minimum atomic E-state index is -1.18. The number of nitrogens with one attached hydrogen (secondary N) is 1. The predicted octanol–water partition coefficient (Wildman–Crippen LogP) is -0.602.